The molecule has 1 aliphatic heterocycles. The molecule has 0 spiro atoms. The van der Waals surface area contributed by atoms with Crippen molar-refractivity contribution in [2.45, 2.75) is 57.5 Å². The van der Waals surface area contributed by atoms with E-state index >= 15 is 0 Å². The molecule has 0 aromatic heterocycles. The molecular weight excluding hydrogens is 240 g/mol. The van der Waals surface area contributed by atoms with E-state index < -0.39 is 5.54 Å². The Balaban J connectivity index is 2.59. The normalized spacial score (nSPS) is 20.6. The lowest BCUT2D eigenvalue weighted by Gasteiger charge is -2.33. The molecule has 0 saturated carbocycles. The Hall–Kier alpha value is -1.34. The molecule has 1 atom stereocenters. The highest BCUT2D eigenvalue weighted by Crippen LogP contribution is 2.16. The number of piperidine rings is 1. The van der Waals surface area contributed by atoms with Gasteiger partial charge in [0.2, 0.25) is 5.91 Å². The van der Waals surface area contributed by atoms with Crippen LogP contribution in [-0.4, -0.2) is 41.8 Å². The van der Waals surface area contributed by atoms with E-state index in [0.29, 0.717) is 12.8 Å². The lowest BCUT2D eigenvalue weighted by Crippen LogP contribution is -2.52. The average molecular weight is 264 g/mol. The third-order valence-corrected chi connectivity index (χ3v) is 4.03. The van der Waals surface area contributed by atoms with Gasteiger partial charge in [-0.15, -0.1) is 6.42 Å². The average Bonchev–Trinajstić information content (AvgIpc) is 2.45. The molecule has 1 amide bonds. The topological polar surface area (TPSA) is 49.4 Å². The molecule has 4 heteroatoms. The minimum absolute atomic E-state index is 0.0876. The smallest absolute Gasteiger partial charge is 0.235 e. The van der Waals surface area contributed by atoms with Gasteiger partial charge in [0.05, 0.1) is 12.6 Å². The summed E-state index contributed by atoms with van der Waals surface area (Å²) < 4.78 is 0. The number of aldehydes is 1. The van der Waals surface area contributed by atoms with Crippen molar-refractivity contribution in [3.05, 3.63) is 0 Å². The SMILES string of the molecule is C#CC(CC)(CC)NC(=O)CN1CCCCC1C=O. The Bertz CT molecular complexity index is 356. The molecule has 106 valence electrons. The van der Waals surface area contributed by atoms with Crippen LogP contribution < -0.4 is 5.32 Å². The molecule has 19 heavy (non-hydrogen) atoms. The predicted octanol–water partition coefficient (Wildman–Crippen LogP) is 1.35. The monoisotopic (exact) mass is 264 g/mol. The van der Waals surface area contributed by atoms with Gasteiger partial charge in [-0.2, -0.15) is 0 Å². The van der Waals surface area contributed by atoms with Crippen molar-refractivity contribution in [3.8, 4) is 12.3 Å². The second kappa shape index (κ2) is 7.30. The first-order valence-electron chi connectivity index (χ1n) is 7.09. The Morgan fingerprint density at radius 2 is 2.16 bits per heavy atom. The van der Waals surface area contributed by atoms with Crippen molar-refractivity contribution in [2.75, 3.05) is 13.1 Å². The quantitative estimate of drug-likeness (QED) is 0.582. The Morgan fingerprint density at radius 3 is 2.68 bits per heavy atom. The number of nitrogens with zero attached hydrogens (tertiary/aromatic N) is 1. The number of hydrogen-bond donors (Lipinski definition) is 1. The van der Waals surface area contributed by atoms with Crippen LogP contribution >= 0.6 is 0 Å². The summed E-state index contributed by atoms with van der Waals surface area (Å²) in [5, 5.41) is 2.94. The fourth-order valence-electron chi connectivity index (χ4n) is 2.53. The molecule has 1 N–H and O–H groups in total. The molecule has 4 nitrogen and oxygen atoms in total. The van der Waals surface area contributed by atoms with E-state index in [0.717, 1.165) is 32.1 Å². The van der Waals surface area contributed by atoms with Crippen LogP contribution in [0.2, 0.25) is 0 Å². The highest BCUT2D eigenvalue weighted by Gasteiger charge is 2.28. The molecule has 1 heterocycles. The van der Waals surface area contributed by atoms with Gasteiger partial charge >= 0.3 is 0 Å². The molecule has 0 aliphatic carbocycles. The molecule has 1 aliphatic rings. The van der Waals surface area contributed by atoms with E-state index in [4.69, 9.17) is 6.42 Å². The number of carbonyl (C=O) groups excluding carboxylic acids is 2. The van der Waals surface area contributed by atoms with Gasteiger partial charge in [0.15, 0.2) is 0 Å². The lowest BCUT2D eigenvalue weighted by atomic mass is 9.94. The van der Waals surface area contributed by atoms with Gasteiger partial charge in [-0.05, 0) is 32.2 Å². The maximum absolute atomic E-state index is 12.1. The first-order chi connectivity index (χ1) is 9.10. The predicted molar refractivity (Wildman–Crippen MR) is 75.6 cm³/mol. The van der Waals surface area contributed by atoms with Gasteiger partial charge in [0.1, 0.15) is 11.8 Å². The maximum atomic E-state index is 12.1. The van der Waals surface area contributed by atoms with Crippen LogP contribution in [0.3, 0.4) is 0 Å². The standard InChI is InChI=1S/C15H24N2O2/c1-4-15(5-2,6-3)16-14(19)11-17-10-8-7-9-13(17)12-18/h1,12-13H,5-11H2,2-3H3,(H,16,19). The zero-order chi connectivity index (χ0) is 14.3. The van der Waals surface area contributed by atoms with Crippen LogP contribution in [0.15, 0.2) is 0 Å². The van der Waals surface area contributed by atoms with Crippen molar-refractivity contribution >= 4 is 12.2 Å². The second-order valence-electron chi connectivity index (χ2n) is 5.15. The number of hydrogen-bond acceptors (Lipinski definition) is 3. The maximum Gasteiger partial charge on any atom is 0.235 e. The lowest BCUT2D eigenvalue weighted by molar-refractivity contribution is -0.125. The van der Waals surface area contributed by atoms with Crippen molar-refractivity contribution < 1.29 is 9.59 Å². The first kappa shape index (κ1) is 15.7. The van der Waals surface area contributed by atoms with Crippen LogP contribution in [0.5, 0.6) is 0 Å². The summed E-state index contributed by atoms with van der Waals surface area (Å²) in [6.07, 6.45) is 10.8. The van der Waals surface area contributed by atoms with Crippen LogP contribution in [0.1, 0.15) is 46.0 Å². The highest BCUT2D eigenvalue weighted by molar-refractivity contribution is 5.80. The van der Waals surface area contributed by atoms with E-state index in [2.05, 4.69) is 11.2 Å². The third kappa shape index (κ3) is 4.07. The number of rotatable bonds is 6. The molecular formula is C15H24N2O2. The second-order valence-corrected chi connectivity index (χ2v) is 5.15. The van der Waals surface area contributed by atoms with E-state index in [1.807, 2.05) is 18.7 Å². The molecule has 0 aromatic carbocycles. The zero-order valence-electron chi connectivity index (χ0n) is 11.9. The summed E-state index contributed by atoms with van der Waals surface area (Å²) in [7, 11) is 0. The van der Waals surface area contributed by atoms with E-state index in [-0.39, 0.29) is 18.5 Å². The Labute approximate surface area is 115 Å². The van der Waals surface area contributed by atoms with Gasteiger partial charge in [-0.25, -0.2) is 0 Å². The number of amides is 1. The van der Waals surface area contributed by atoms with Gasteiger partial charge in [0, 0.05) is 0 Å². The van der Waals surface area contributed by atoms with Crippen molar-refractivity contribution in [3.63, 3.8) is 0 Å². The minimum atomic E-state index is -0.552. The highest BCUT2D eigenvalue weighted by atomic mass is 16.2. The summed E-state index contributed by atoms with van der Waals surface area (Å²) >= 11 is 0. The number of nitrogens with one attached hydrogen (secondary N) is 1. The van der Waals surface area contributed by atoms with E-state index in [9.17, 15) is 9.59 Å². The van der Waals surface area contributed by atoms with Crippen LogP contribution in [0.25, 0.3) is 0 Å². The molecule has 0 radical (unpaired) electrons. The van der Waals surface area contributed by atoms with Crippen molar-refractivity contribution in [1.82, 2.24) is 10.2 Å². The van der Waals surface area contributed by atoms with E-state index in [1.54, 1.807) is 0 Å². The van der Waals surface area contributed by atoms with Crippen LogP contribution in [-0.2, 0) is 9.59 Å². The van der Waals surface area contributed by atoms with Gasteiger partial charge in [-0.1, -0.05) is 26.2 Å². The van der Waals surface area contributed by atoms with Crippen molar-refractivity contribution in [2.24, 2.45) is 0 Å². The zero-order valence-corrected chi connectivity index (χ0v) is 11.9. The number of carbonyl (C=O) groups is 2. The fourth-order valence-corrected chi connectivity index (χ4v) is 2.53. The summed E-state index contributed by atoms with van der Waals surface area (Å²) in [5.41, 5.74) is -0.552. The van der Waals surface area contributed by atoms with Crippen molar-refractivity contribution in [1.29, 1.82) is 0 Å². The molecule has 1 fully saturated rings. The van der Waals surface area contributed by atoms with Crippen LogP contribution in [0.4, 0.5) is 0 Å². The van der Waals surface area contributed by atoms with Crippen LogP contribution in [0, 0.1) is 12.3 Å². The number of terminal acetylenes is 1. The summed E-state index contributed by atoms with van der Waals surface area (Å²) in [5.74, 6) is 2.60. The Kier molecular flexibility index (Phi) is 6.04. The van der Waals surface area contributed by atoms with Gasteiger partial charge in [-0.3, -0.25) is 9.69 Å². The number of likely N-dealkylation sites (tertiary alicyclic amines) is 1. The first-order valence-corrected chi connectivity index (χ1v) is 7.09. The largest absolute Gasteiger partial charge is 0.339 e. The molecule has 0 aromatic rings. The summed E-state index contributed by atoms with van der Waals surface area (Å²) in [4.78, 5) is 25.0. The Morgan fingerprint density at radius 1 is 1.47 bits per heavy atom. The minimum Gasteiger partial charge on any atom is -0.339 e. The summed E-state index contributed by atoms with van der Waals surface area (Å²) in [6.45, 7) is 5.00. The fraction of sp³-hybridized carbons (Fsp3) is 0.733. The molecule has 1 saturated heterocycles. The third-order valence-electron chi connectivity index (χ3n) is 4.03. The molecule has 1 unspecified atom stereocenters. The van der Waals surface area contributed by atoms with Gasteiger partial charge in [0.25, 0.3) is 0 Å². The molecule has 1 rings (SSSR count). The van der Waals surface area contributed by atoms with E-state index in [1.165, 1.54) is 0 Å². The molecule has 0 bridgehead atoms. The van der Waals surface area contributed by atoms with Gasteiger partial charge < -0.3 is 10.1 Å². The summed E-state index contributed by atoms with van der Waals surface area (Å²) in [6, 6.07) is -0.122.